The lowest BCUT2D eigenvalue weighted by Crippen LogP contribution is -2.45. The van der Waals surface area contributed by atoms with Crippen molar-refractivity contribution in [3.8, 4) is 0 Å². The van der Waals surface area contributed by atoms with Gasteiger partial charge in [-0.15, -0.1) is 6.58 Å². The molecule has 0 aromatic carbocycles. The number of fused-ring (bicyclic) bond motifs is 3. The Hall–Kier alpha value is -0.260. The summed E-state index contributed by atoms with van der Waals surface area (Å²) in [5.41, 5.74) is 2.76. The summed E-state index contributed by atoms with van der Waals surface area (Å²) in [4.78, 5) is 0. The van der Waals surface area contributed by atoms with Gasteiger partial charge >= 0.3 is 0 Å². The minimum atomic E-state index is 0.689. The Kier molecular flexibility index (Phi) is 3.95. The van der Waals surface area contributed by atoms with Crippen molar-refractivity contribution in [1.82, 2.24) is 0 Å². The zero-order valence-electron chi connectivity index (χ0n) is 13.0. The van der Waals surface area contributed by atoms with Gasteiger partial charge in [0, 0.05) is 0 Å². The summed E-state index contributed by atoms with van der Waals surface area (Å²) in [7, 11) is 0. The zero-order valence-corrected chi connectivity index (χ0v) is 13.0. The van der Waals surface area contributed by atoms with E-state index in [1.165, 1.54) is 56.9 Å². The van der Waals surface area contributed by atoms with E-state index in [1.807, 2.05) is 0 Å². The first-order chi connectivity index (χ1) is 8.33. The highest BCUT2D eigenvalue weighted by atomic mass is 14.6. The van der Waals surface area contributed by atoms with Gasteiger partial charge in [0.2, 0.25) is 0 Å². The lowest BCUT2D eigenvalue weighted by Gasteiger charge is -2.55. The number of hydrogen-bond donors (Lipinski definition) is 0. The molecule has 0 aromatic rings. The molecule has 2 unspecified atom stereocenters. The lowest BCUT2D eigenvalue weighted by molar-refractivity contribution is -0.0462. The van der Waals surface area contributed by atoms with Crippen molar-refractivity contribution >= 4 is 0 Å². The summed E-state index contributed by atoms with van der Waals surface area (Å²) in [6.07, 6.45) is 11.5. The third-order valence-electron chi connectivity index (χ3n) is 5.68. The molecule has 2 atom stereocenters. The minimum absolute atomic E-state index is 0.689. The summed E-state index contributed by atoms with van der Waals surface area (Å²) in [5, 5.41) is 0. The van der Waals surface area contributed by atoms with Crippen LogP contribution >= 0.6 is 0 Å². The van der Waals surface area contributed by atoms with Crippen LogP contribution in [0.1, 0.15) is 79.1 Å². The highest BCUT2D eigenvalue weighted by molar-refractivity contribution is 5.04. The quantitative estimate of drug-likeness (QED) is 0.525. The van der Waals surface area contributed by atoms with Crippen molar-refractivity contribution in [3.63, 3.8) is 0 Å². The third kappa shape index (κ3) is 3.00. The summed E-state index contributed by atoms with van der Waals surface area (Å²) in [6, 6.07) is 0. The van der Waals surface area contributed by atoms with E-state index >= 15 is 0 Å². The van der Waals surface area contributed by atoms with E-state index in [1.54, 1.807) is 0 Å². The molecule has 0 heterocycles. The second-order valence-electron chi connectivity index (χ2n) is 8.25. The molecule has 0 N–H and O–H groups in total. The molecule has 3 fully saturated rings. The van der Waals surface area contributed by atoms with E-state index in [4.69, 9.17) is 0 Å². The highest BCUT2D eigenvalue weighted by Crippen LogP contribution is 2.64. The first kappa shape index (κ1) is 14.2. The summed E-state index contributed by atoms with van der Waals surface area (Å²) >= 11 is 0. The Morgan fingerprint density at radius 2 is 2.00 bits per heavy atom. The lowest BCUT2D eigenvalue weighted by atomic mass is 9.50. The van der Waals surface area contributed by atoms with E-state index in [0.717, 1.165) is 11.8 Å². The van der Waals surface area contributed by atoms with Crippen LogP contribution in [0.5, 0.6) is 0 Å². The van der Waals surface area contributed by atoms with Gasteiger partial charge in [0.15, 0.2) is 0 Å². The highest BCUT2D eigenvalue weighted by Gasteiger charge is 2.53. The van der Waals surface area contributed by atoms with Crippen molar-refractivity contribution in [3.05, 3.63) is 12.2 Å². The van der Waals surface area contributed by atoms with Gasteiger partial charge in [-0.25, -0.2) is 0 Å². The molecule has 3 rings (SSSR count). The fraction of sp³-hybridized carbons (Fsp3) is 0.889. The molecule has 0 spiro atoms. The van der Waals surface area contributed by atoms with Crippen molar-refractivity contribution in [2.24, 2.45) is 22.7 Å². The van der Waals surface area contributed by atoms with Crippen LogP contribution in [-0.4, -0.2) is 0 Å². The second-order valence-corrected chi connectivity index (χ2v) is 8.25. The molecule has 0 heteroatoms. The van der Waals surface area contributed by atoms with Crippen LogP contribution in [0.2, 0.25) is 0 Å². The predicted molar refractivity (Wildman–Crippen MR) is 80.6 cm³/mol. The topological polar surface area (TPSA) is 0 Å². The molecule has 2 bridgehead atoms. The molecule has 0 aliphatic heterocycles. The molecule has 3 aliphatic carbocycles. The van der Waals surface area contributed by atoms with E-state index in [-0.39, 0.29) is 0 Å². The fourth-order valence-electron chi connectivity index (χ4n) is 5.16. The van der Waals surface area contributed by atoms with Crippen molar-refractivity contribution in [2.75, 3.05) is 0 Å². The predicted octanol–water partition coefficient (Wildman–Crippen LogP) is 5.98. The van der Waals surface area contributed by atoms with Crippen LogP contribution in [0, 0.1) is 22.7 Å². The van der Waals surface area contributed by atoms with Gasteiger partial charge < -0.3 is 0 Å². The molecule has 0 radical (unpaired) electrons. The van der Waals surface area contributed by atoms with E-state index in [2.05, 4.69) is 34.3 Å². The van der Waals surface area contributed by atoms with Crippen LogP contribution in [-0.2, 0) is 0 Å². The molecule has 104 valence electrons. The van der Waals surface area contributed by atoms with Gasteiger partial charge in [-0.1, -0.05) is 39.2 Å². The summed E-state index contributed by atoms with van der Waals surface area (Å²) in [6.45, 7) is 13.7. The van der Waals surface area contributed by atoms with Crippen LogP contribution in [0.3, 0.4) is 0 Å². The first-order valence-corrected chi connectivity index (χ1v) is 7.97. The Morgan fingerprint density at radius 3 is 2.61 bits per heavy atom. The smallest absolute Gasteiger partial charge is 0.0287 e. The Bertz CT molecular complexity index is 306. The molecular weight excluding hydrogens is 216 g/mol. The summed E-state index contributed by atoms with van der Waals surface area (Å²) in [5.74, 6) is 1.83. The van der Waals surface area contributed by atoms with Crippen LogP contribution in [0.25, 0.3) is 0 Å². The standard InChI is InChI=1S/C18H32/c1-14(2)11-15(3)8-9-16-7-6-10-17(4)12-18(16,5)13-17/h15-16H,1,6-13H2,2-5H3. The molecule has 0 nitrogen and oxygen atoms in total. The normalized spacial score (nSPS) is 40.8. The molecule has 0 saturated heterocycles. The molecule has 3 aliphatic rings. The van der Waals surface area contributed by atoms with Gasteiger partial charge in [0.1, 0.15) is 0 Å². The van der Waals surface area contributed by atoms with Crippen molar-refractivity contribution < 1.29 is 0 Å². The van der Waals surface area contributed by atoms with Crippen molar-refractivity contribution in [2.45, 2.75) is 79.1 Å². The van der Waals surface area contributed by atoms with Crippen LogP contribution in [0.15, 0.2) is 12.2 Å². The largest absolute Gasteiger partial charge is 0.100 e. The fourth-order valence-corrected chi connectivity index (χ4v) is 5.16. The molecule has 0 aromatic heterocycles. The SMILES string of the molecule is C=C(C)CC(C)CCC1CCCC2(C)CC1(C)C2. The van der Waals surface area contributed by atoms with Gasteiger partial charge in [-0.05, 0) is 68.1 Å². The van der Waals surface area contributed by atoms with Gasteiger partial charge in [-0.2, -0.15) is 0 Å². The first-order valence-electron chi connectivity index (χ1n) is 7.97. The molecular formula is C18H32. The third-order valence-corrected chi connectivity index (χ3v) is 5.68. The van der Waals surface area contributed by atoms with Crippen molar-refractivity contribution in [1.29, 1.82) is 0 Å². The maximum atomic E-state index is 4.05. The Balaban J connectivity index is 1.84. The summed E-state index contributed by atoms with van der Waals surface area (Å²) < 4.78 is 0. The van der Waals surface area contributed by atoms with E-state index < -0.39 is 0 Å². The molecule has 0 amide bonds. The maximum Gasteiger partial charge on any atom is -0.0287 e. The van der Waals surface area contributed by atoms with Crippen LogP contribution < -0.4 is 0 Å². The van der Waals surface area contributed by atoms with Crippen LogP contribution in [0.4, 0.5) is 0 Å². The number of hydrogen-bond acceptors (Lipinski definition) is 0. The van der Waals surface area contributed by atoms with Gasteiger partial charge in [0.25, 0.3) is 0 Å². The average Bonchev–Trinajstić information content (AvgIpc) is 2.38. The molecule has 18 heavy (non-hydrogen) atoms. The zero-order chi connectivity index (χ0) is 13.4. The van der Waals surface area contributed by atoms with Gasteiger partial charge in [0.05, 0.1) is 0 Å². The average molecular weight is 248 g/mol. The number of allylic oxidation sites excluding steroid dienone is 1. The molecule has 3 saturated carbocycles. The monoisotopic (exact) mass is 248 g/mol. The second kappa shape index (κ2) is 5.02. The minimum Gasteiger partial charge on any atom is -0.100 e. The Morgan fingerprint density at radius 1 is 1.33 bits per heavy atom. The van der Waals surface area contributed by atoms with E-state index in [9.17, 15) is 0 Å². The number of rotatable bonds is 5. The maximum absolute atomic E-state index is 4.05. The van der Waals surface area contributed by atoms with Gasteiger partial charge in [-0.3, -0.25) is 0 Å². The Labute approximate surface area is 114 Å². The van der Waals surface area contributed by atoms with E-state index in [0.29, 0.717) is 10.8 Å².